The van der Waals surface area contributed by atoms with Crippen LogP contribution in [0.4, 0.5) is 0 Å². The van der Waals surface area contributed by atoms with Crippen LogP contribution in [0.1, 0.15) is 10.4 Å². The van der Waals surface area contributed by atoms with Crippen LogP contribution in [0.2, 0.25) is 0 Å². The van der Waals surface area contributed by atoms with Gasteiger partial charge in [0.2, 0.25) is 11.8 Å². The average Bonchev–Trinajstić information content (AvgIpc) is 2.83. The first-order valence-electron chi connectivity index (χ1n) is 5.90. The maximum absolute atomic E-state index is 12.3. The van der Waals surface area contributed by atoms with Gasteiger partial charge in [-0.15, -0.1) is 0 Å². The number of carbonyl (C=O) groups is 3. The lowest BCUT2D eigenvalue weighted by Crippen LogP contribution is -2.43. The molecule has 20 heavy (non-hydrogen) atoms. The number of H-pyrrole nitrogens is 1. The lowest BCUT2D eigenvalue weighted by atomic mass is 10.1. The highest BCUT2D eigenvalue weighted by atomic mass is 16.2. The largest absolute Gasteiger partial charge is 0.368 e. The molecule has 0 saturated heterocycles. The summed E-state index contributed by atoms with van der Waals surface area (Å²) in [6.45, 7) is -0.708. The number of hydrogen-bond acceptors (Lipinski definition) is 3. The molecule has 0 spiro atoms. The van der Waals surface area contributed by atoms with Crippen molar-refractivity contribution in [3.8, 4) is 0 Å². The molecule has 0 fully saturated rings. The zero-order valence-corrected chi connectivity index (χ0v) is 10.6. The summed E-state index contributed by atoms with van der Waals surface area (Å²) in [5.74, 6) is -1.88. The van der Waals surface area contributed by atoms with Crippen LogP contribution in [0.5, 0.6) is 0 Å². The molecule has 0 atom stereocenters. The number of carbonyl (C=O) groups excluding carboxylic acids is 3. The van der Waals surface area contributed by atoms with Crippen LogP contribution >= 0.6 is 0 Å². The molecule has 2 aromatic rings. The molecule has 0 aliphatic heterocycles. The van der Waals surface area contributed by atoms with Gasteiger partial charge in [0.1, 0.15) is 13.1 Å². The highest BCUT2D eigenvalue weighted by Crippen LogP contribution is 2.15. The van der Waals surface area contributed by atoms with Crippen molar-refractivity contribution in [3.63, 3.8) is 0 Å². The Hall–Kier alpha value is -2.83. The van der Waals surface area contributed by atoms with Crippen molar-refractivity contribution in [2.45, 2.75) is 0 Å². The number of fused-ring (bicyclic) bond motifs is 1. The molecule has 0 radical (unpaired) electrons. The van der Waals surface area contributed by atoms with E-state index in [0.29, 0.717) is 5.56 Å². The molecule has 2 rings (SSSR count). The summed E-state index contributed by atoms with van der Waals surface area (Å²) in [5, 5.41) is 0.856. The fraction of sp³-hybridized carbons (Fsp3) is 0.154. The Morgan fingerprint density at radius 2 is 1.70 bits per heavy atom. The van der Waals surface area contributed by atoms with E-state index in [1.165, 1.54) is 0 Å². The topological polar surface area (TPSA) is 122 Å². The Balaban J connectivity index is 2.29. The molecule has 1 aromatic heterocycles. The molecule has 7 heteroatoms. The summed E-state index contributed by atoms with van der Waals surface area (Å²) in [4.78, 5) is 38.3. The minimum Gasteiger partial charge on any atom is -0.368 e. The van der Waals surface area contributed by atoms with Crippen LogP contribution in [0.15, 0.2) is 30.5 Å². The molecule has 0 aliphatic rings. The van der Waals surface area contributed by atoms with Crippen LogP contribution in [-0.2, 0) is 9.59 Å². The van der Waals surface area contributed by atoms with E-state index in [9.17, 15) is 14.4 Å². The third kappa shape index (κ3) is 2.94. The quantitative estimate of drug-likeness (QED) is 0.686. The van der Waals surface area contributed by atoms with Gasteiger partial charge in [0.15, 0.2) is 0 Å². The Morgan fingerprint density at radius 1 is 1.05 bits per heavy atom. The first-order chi connectivity index (χ1) is 9.47. The summed E-state index contributed by atoms with van der Waals surface area (Å²) in [6.07, 6.45) is 1.75. The van der Waals surface area contributed by atoms with E-state index in [-0.39, 0.29) is 13.1 Å². The molecule has 0 bridgehead atoms. The maximum atomic E-state index is 12.3. The van der Waals surface area contributed by atoms with E-state index in [1.807, 2.05) is 6.07 Å². The van der Waals surface area contributed by atoms with E-state index in [1.54, 1.807) is 24.4 Å². The number of aromatic nitrogens is 1. The first-order valence-corrected chi connectivity index (χ1v) is 5.90. The van der Waals surface area contributed by atoms with Crippen molar-refractivity contribution < 1.29 is 14.4 Å². The predicted molar refractivity (Wildman–Crippen MR) is 72.6 cm³/mol. The summed E-state index contributed by atoms with van der Waals surface area (Å²) < 4.78 is 0. The first kappa shape index (κ1) is 13.6. The molecular weight excluding hydrogens is 260 g/mol. The van der Waals surface area contributed by atoms with Gasteiger partial charge >= 0.3 is 0 Å². The van der Waals surface area contributed by atoms with Gasteiger partial charge < -0.3 is 21.4 Å². The highest BCUT2D eigenvalue weighted by molar-refractivity contribution is 6.01. The van der Waals surface area contributed by atoms with Gasteiger partial charge in [0, 0.05) is 22.7 Å². The van der Waals surface area contributed by atoms with E-state index < -0.39 is 17.7 Å². The van der Waals surface area contributed by atoms with Gasteiger partial charge in [-0.25, -0.2) is 0 Å². The second-order valence-corrected chi connectivity index (χ2v) is 4.37. The highest BCUT2D eigenvalue weighted by Gasteiger charge is 2.19. The summed E-state index contributed by atoms with van der Waals surface area (Å²) in [7, 11) is 0. The number of rotatable bonds is 5. The normalized spacial score (nSPS) is 10.4. The molecule has 1 heterocycles. The SMILES string of the molecule is NC(=O)CN(CC(N)=O)C(=O)c1ccc2[nH]ccc2c1. The van der Waals surface area contributed by atoms with Crippen molar-refractivity contribution in [2.75, 3.05) is 13.1 Å². The molecule has 104 valence electrons. The predicted octanol–water partition coefficient (Wildman–Crippen LogP) is -0.419. The van der Waals surface area contributed by atoms with E-state index >= 15 is 0 Å². The van der Waals surface area contributed by atoms with E-state index in [0.717, 1.165) is 15.8 Å². The van der Waals surface area contributed by atoms with Crippen LogP contribution in [0, 0.1) is 0 Å². The third-order valence-electron chi connectivity index (χ3n) is 2.78. The molecular formula is C13H14N4O3. The fourth-order valence-electron chi connectivity index (χ4n) is 1.94. The molecule has 5 N–H and O–H groups in total. The zero-order chi connectivity index (χ0) is 14.7. The van der Waals surface area contributed by atoms with Gasteiger partial charge in [-0.2, -0.15) is 0 Å². The maximum Gasteiger partial charge on any atom is 0.254 e. The lowest BCUT2D eigenvalue weighted by molar-refractivity contribution is -0.121. The van der Waals surface area contributed by atoms with Crippen LogP contribution in [-0.4, -0.2) is 40.7 Å². The number of nitrogens with two attached hydrogens (primary N) is 2. The number of nitrogens with one attached hydrogen (secondary N) is 1. The lowest BCUT2D eigenvalue weighted by Gasteiger charge is -2.19. The third-order valence-corrected chi connectivity index (χ3v) is 2.78. The van der Waals surface area contributed by atoms with Crippen molar-refractivity contribution in [1.29, 1.82) is 0 Å². The molecule has 0 saturated carbocycles. The van der Waals surface area contributed by atoms with Gasteiger partial charge in [-0.1, -0.05) is 0 Å². The summed E-state index contributed by atoms with van der Waals surface area (Å²) in [5.41, 5.74) is 11.4. The number of amides is 3. The molecule has 3 amide bonds. The Morgan fingerprint density at radius 3 is 2.30 bits per heavy atom. The minimum atomic E-state index is -0.706. The van der Waals surface area contributed by atoms with E-state index in [4.69, 9.17) is 11.5 Å². The fourth-order valence-corrected chi connectivity index (χ4v) is 1.94. The Labute approximate surface area is 114 Å². The summed E-state index contributed by atoms with van der Waals surface area (Å²) >= 11 is 0. The van der Waals surface area contributed by atoms with Crippen molar-refractivity contribution in [2.24, 2.45) is 11.5 Å². The van der Waals surface area contributed by atoms with Crippen LogP contribution in [0.3, 0.4) is 0 Å². The number of hydrogen-bond donors (Lipinski definition) is 3. The standard InChI is InChI=1S/C13H14N4O3/c14-11(18)6-17(7-12(15)19)13(20)9-1-2-10-8(5-9)3-4-16-10/h1-5,16H,6-7H2,(H2,14,18)(H2,15,19). The van der Waals surface area contributed by atoms with Crippen molar-refractivity contribution >= 4 is 28.6 Å². The number of primary amides is 2. The van der Waals surface area contributed by atoms with Gasteiger partial charge in [0.25, 0.3) is 5.91 Å². The zero-order valence-electron chi connectivity index (χ0n) is 10.6. The number of nitrogens with zero attached hydrogens (tertiary/aromatic N) is 1. The summed E-state index contributed by atoms with van der Waals surface area (Å²) in [6, 6.07) is 6.84. The molecule has 1 aromatic carbocycles. The number of aromatic amines is 1. The van der Waals surface area contributed by atoms with Gasteiger partial charge in [-0.05, 0) is 24.3 Å². The Bertz CT molecular complexity index is 661. The Kier molecular flexibility index (Phi) is 3.69. The van der Waals surface area contributed by atoms with Gasteiger partial charge in [0.05, 0.1) is 0 Å². The van der Waals surface area contributed by atoms with Gasteiger partial charge in [-0.3, -0.25) is 14.4 Å². The van der Waals surface area contributed by atoms with Crippen LogP contribution in [0.25, 0.3) is 10.9 Å². The van der Waals surface area contributed by atoms with Crippen LogP contribution < -0.4 is 11.5 Å². The van der Waals surface area contributed by atoms with Crippen molar-refractivity contribution in [1.82, 2.24) is 9.88 Å². The smallest absolute Gasteiger partial charge is 0.254 e. The number of benzene rings is 1. The molecule has 0 unspecified atom stereocenters. The monoisotopic (exact) mass is 274 g/mol. The minimum absolute atomic E-state index is 0.354. The van der Waals surface area contributed by atoms with E-state index in [2.05, 4.69) is 4.98 Å². The second-order valence-electron chi connectivity index (χ2n) is 4.37. The second kappa shape index (κ2) is 5.43. The molecule has 0 aliphatic carbocycles. The average molecular weight is 274 g/mol. The van der Waals surface area contributed by atoms with Crippen molar-refractivity contribution in [3.05, 3.63) is 36.0 Å². The molecule has 7 nitrogen and oxygen atoms in total.